The molecule has 3 aromatic rings. The van der Waals surface area contributed by atoms with E-state index < -0.39 is 0 Å². The monoisotopic (exact) mass is 377 g/mol. The maximum Gasteiger partial charge on any atom is 0.158 e. The molecular weight excluding hydrogens is 358 g/mol. The molecule has 0 amide bonds. The van der Waals surface area contributed by atoms with Crippen LogP contribution in [0, 0.1) is 11.3 Å². The SMILES string of the molecule is COc1cccc(OC2CC(N)C2)c1-c1cc(Nc2cnc(C#N)cn2)n[nH]1. The Balaban J connectivity index is 1.59. The van der Waals surface area contributed by atoms with Crippen LogP contribution in [0.5, 0.6) is 11.5 Å². The Morgan fingerprint density at radius 2 is 2.04 bits per heavy atom. The number of anilines is 2. The van der Waals surface area contributed by atoms with Crippen LogP contribution in [0.2, 0.25) is 0 Å². The molecule has 1 aliphatic carbocycles. The quantitative estimate of drug-likeness (QED) is 0.596. The zero-order chi connectivity index (χ0) is 19.5. The Labute approximate surface area is 161 Å². The lowest BCUT2D eigenvalue weighted by molar-refractivity contribution is 0.101. The Bertz CT molecular complexity index is 1000. The lowest BCUT2D eigenvalue weighted by atomic mass is 9.90. The summed E-state index contributed by atoms with van der Waals surface area (Å²) in [6, 6.07) is 9.63. The third kappa shape index (κ3) is 3.58. The van der Waals surface area contributed by atoms with Gasteiger partial charge in [0.1, 0.15) is 29.5 Å². The second-order valence-corrected chi connectivity index (χ2v) is 6.50. The van der Waals surface area contributed by atoms with Crippen LogP contribution in [0.25, 0.3) is 11.3 Å². The first-order chi connectivity index (χ1) is 13.7. The van der Waals surface area contributed by atoms with Gasteiger partial charge in [0.25, 0.3) is 0 Å². The summed E-state index contributed by atoms with van der Waals surface area (Å²) in [7, 11) is 1.61. The molecule has 2 heterocycles. The smallest absolute Gasteiger partial charge is 0.158 e. The topological polar surface area (TPSA) is 135 Å². The first kappa shape index (κ1) is 17.8. The molecule has 9 heteroatoms. The van der Waals surface area contributed by atoms with Gasteiger partial charge in [-0.25, -0.2) is 9.97 Å². The van der Waals surface area contributed by atoms with Crippen LogP contribution in [0.4, 0.5) is 11.6 Å². The van der Waals surface area contributed by atoms with Crippen molar-refractivity contribution in [2.75, 3.05) is 12.4 Å². The van der Waals surface area contributed by atoms with E-state index in [0.29, 0.717) is 23.1 Å². The summed E-state index contributed by atoms with van der Waals surface area (Å²) in [6.45, 7) is 0. The number of nitrogens with one attached hydrogen (secondary N) is 2. The van der Waals surface area contributed by atoms with Crippen LogP contribution in [-0.2, 0) is 0 Å². The molecule has 0 radical (unpaired) electrons. The number of nitrogens with two attached hydrogens (primary N) is 1. The summed E-state index contributed by atoms with van der Waals surface area (Å²) < 4.78 is 11.6. The maximum absolute atomic E-state index is 8.80. The van der Waals surface area contributed by atoms with E-state index in [1.807, 2.05) is 30.3 Å². The fourth-order valence-electron chi connectivity index (χ4n) is 3.02. The van der Waals surface area contributed by atoms with Gasteiger partial charge in [0.2, 0.25) is 0 Å². The average molecular weight is 377 g/mol. The molecule has 1 fully saturated rings. The van der Waals surface area contributed by atoms with Crippen molar-refractivity contribution in [2.24, 2.45) is 5.73 Å². The van der Waals surface area contributed by atoms with Crippen molar-refractivity contribution in [3.05, 3.63) is 42.4 Å². The van der Waals surface area contributed by atoms with Crippen LogP contribution in [0.1, 0.15) is 18.5 Å². The van der Waals surface area contributed by atoms with E-state index in [2.05, 4.69) is 25.5 Å². The molecule has 0 spiro atoms. The maximum atomic E-state index is 8.80. The van der Waals surface area contributed by atoms with Crippen molar-refractivity contribution in [2.45, 2.75) is 25.0 Å². The number of aromatic nitrogens is 4. The molecule has 0 saturated heterocycles. The molecule has 28 heavy (non-hydrogen) atoms. The van der Waals surface area contributed by atoms with Gasteiger partial charge < -0.3 is 20.5 Å². The van der Waals surface area contributed by atoms with Crippen molar-refractivity contribution < 1.29 is 9.47 Å². The van der Waals surface area contributed by atoms with E-state index in [1.165, 1.54) is 12.4 Å². The third-order valence-corrected chi connectivity index (χ3v) is 4.50. The summed E-state index contributed by atoms with van der Waals surface area (Å²) in [6.07, 6.45) is 4.65. The summed E-state index contributed by atoms with van der Waals surface area (Å²) in [4.78, 5) is 8.11. The van der Waals surface area contributed by atoms with Crippen LogP contribution in [-0.4, -0.2) is 39.4 Å². The van der Waals surface area contributed by atoms with E-state index in [0.717, 1.165) is 24.1 Å². The minimum absolute atomic E-state index is 0.107. The van der Waals surface area contributed by atoms with Gasteiger partial charge >= 0.3 is 0 Å². The van der Waals surface area contributed by atoms with Gasteiger partial charge in [-0.2, -0.15) is 10.4 Å². The highest BCUT2D eigenvalue weighted by Gasteiger charge is 2.29. The van der Waals surface area contributed by atoms with E-state index in [1.54, 1.807) is 7.11 Å². The Morgan fingerprint density at radius 1 is 1.21 bits per heavy atom. The summed E-state index contributed by atoms with van der Waals surface area (Å²) >= 11 is 0. The van der Waals surface area contributed by atoms with E-state index in [9.17, 15) is 0 Å². The van der Waals surface area contributed by atoms with E-state index >= 15 is 0 Å². The molecule has 1 aliphatic rings. The fraction of sp³-hybridized carbons (Fsp3) is 0.263. The van der Waals surface area contributed by atoms with Crippen LogP contribution < -0.4 is 20.5 Å². The van der Waals surface area contributed by atoms with Gasteiger partial charge in [-0.05, 0) is 25.0 Å². The summed E-state index contributed by atoms with van der Waals surface area (Å²) in [5.41, 5.74) is 7.64. The number of aromatic amines is 1. The zero-order valence-electron chi connectivity index (χ0n) is 15.2. The minimum Gasteiger partial charge on any atom is -0.496 e. The molecule has 1 saturated carbocycles. The highest BCUT2D eigenvalue weighted by Crippen LogP contribution is 2.40. The second-order valence-electron chi connectivity index (χ2n) is 6.50. The van der Waals surface area contributed by atoms with Crippen molar-refractivity contribution in [1.82, 2.24) is 20.2 Å². The van der Waals surface area contributed by atoms with Crippen LogP contribution in [0.3, 0.4) is 0 Å². The largest absolute Gasteiger partial charge is 0.496 e. The summed E-state index contributed by atoms with van der Waals surface area (Å²) in [5.74, 6) is 2.42. The van der Waals surface area contributed by atoms with Crippen LogP contribution >= 0.6 is 0 Å². The number of hydrogen-bond donors (Lipinski definition) is 3. The van der Waals surface area contributed by atoms with Gasteiger partial charge in [0.05, 0.1) is 30.8 Å². The van der Waals surface area contributed by atoms with Crippen molar-refractivity contribution >= 4 is 11.6 Å². The van der Waals surface area contributed by atoms with Crippen LogP contribution in [0.15, 0.2) is 36.7 Å². The normalized spacial score (nSPS) is 18.0. The molecule has 0 aliphatic heterocycles. The number of nitrogens with zero attached hydrogens (tertiary/aromatic N) is 4. The molecule has 4 N–H and O–H groups in total. The molecular formula is C19H19N7O2. The predicted octanol–water partition coefficient (Wildman–Crippen LogP) is 2.36. The van der Waals surface area contributed by atoms with Crippen molar-refractivity contribution in [3.8, 4) is 28.8 Å². The molecule has 4 rings (SSSR count). The molecule has 0 atom stereocenters. The Morgan fingerprint density at radius 3 is 2.71 bits per heavy atom. The van der Waals surface area contributed by atoms with E-state index in [4.69, 9.17) is 20.5 Å². The van der Waals surface area contributed by atoms with Gasteiger partial charge in [-0.3, -0.25) is 5.10 Å². The van der Waals surface area contributed by atoms with E-state index in [-0.39, 0.29) is 17.8 Å². The Kier molecular flexibility index (Phi) is 4.78. The standard InChI is InChI=1S/C19H19N7O2/c1-27-15-3-2-4-16(28-13-5-11(21)6-13)19(15)14-7-17(26-25-14)24-18-10-22-12(8-20)9-23-18/h2-4,7,9-11,13H,5-6,21H2,1H3,(H2,23,24,25,26). The fourth-order valence-corrected chi connectivity index (χ4v) is 3.02. The molecule has 0 bridgehead atoms. The number of benzene rings is 1. The highest BCUT2D eigenvalue weighted by atomic mass is 16.5. The van der Waals surface area contributed by atoms with Gasteiger partial charge in [0.15, 0.2) is 11.5 Å². The number of hydrogen-bond acceptors (Lipinski definition) is 8. The average Bonchev–Trinajstić information content (AvgIpc) is 3.15. The van der Waals surface area contributed by atoms with Crippen molar-refractivity contribution in [3.63, 3.8) is 0 Å². The van der Waals surface area contributed by atoms with Gasteiger partial charge in [0, 0.05) is 12.1 Å². The first-order valence-electron chi connectivity index (χ1n) is 8.80. The number of nitriles is 1. The first-order valence-corrected chi connectivity index (χ1v) is 8.80. The third-order valence-electron chi connectivity index (χ3n) is 4.50. The van der Waals surface area contributed by atoms with Crippen molar-refractivity contribution in [1.29, 1.82) is 5.26 Å². The second kappa shape index (κ2) is 7.54. The number of ether oxygens (including phenoxy) is 2. The molecule has 1 aromatic carbocycles. The lowest BCUT2D eigenvalue weighted by Gasteiger charge is -2.33. The number of rotatable bonds is 6. The zero-order valence-corrected chi connectivity index (χ0v) is 15.2. The molecule has 2 aromatic heterocycles. The molecule has 9 nitrogen and oxygen atoms in total. The predicted molar refractivity (Wildman–Crippen MR) is 102 cm³/mol. The minimum atomic E-state index is 0.107. The Hall–Kier alpha value is -3.64. The lowest BCUT2D eigenvalue weighted by Crippen LogP contribution is -2.43. The van der Waals surface area contributed by atoms with Gasteiger partial charge in [-0.15, -0.1) is 0 Å². The molecule has 142 valence electrons. The number of methoxy groups -OCH3 is 1. The number of H-pyrrole nitrogens is 1. The summed E-state index contributed by atoms with van der Waals surface area (Å²) in [5, 5.41) is 19.1. The van der Waals surface area contributed by atoms with Gasteiger partial charge in [-0.1, -0.05) is 6.07 Å². The molecule has 0 unspecified atom stereocenters. The highest BCUT2D eigenvalue weighted by molar-refractivity contribution is 5.76.